The van der Waals surface area contributed by atoms with Crippen molar-refractivity contribution in [2.24, 2.45) is 0 Å². The van der Waals surface area contributed by atoms with Crippen molar-refractivity contribution in [3.63, 3.8) is 0 Å². The Morgan fingerprint density at radius 3 is 2.30 bits per heavy atom. The summed E-state index contributed by atoms with van der Waals surface area (Å²) in [6.07, 6.45) is 1.94. The van der Waals surface area contributed by atoms with Crippen molar-refractivity contribution in [2.45, 2.75) is 39.2 Å². The minimum atomic E-state index is -0.919. The van der Waals surface area contributed by atoms with Crippen LogP contribution in [0.3, 0.4) is 0 Å². The number of aromatic nitrogens is 1. The molecule has 2 heteroatoms. The summed E-state index contributed by atoms with van der Waals surface area (Å²) < 4.78 is 0. The van der Waals surface area contributed by atoms with Crippen molar-refractivity contribution in [3.05, 3.63) is 78.0 Å². The summed E-state index contributed by atoms with van der Waals surface area (Å²) in [6.45, 7) is 8.09. The minimum Gasteiger partial charge on any atom is -0.386 e. The van der Waals surface area contributed by atoms with Crippen LogP contribution in [-0.4, -0.2) is 10.1 Å². The van der Waals surface area contributed by atoms with E-state index >= 15 is 0 Å². The van der Waals surface area contributed by atoms with Crippen LogP contribution in [0.4, 0.5) is 0 Å². The molecule has 0 amide bonds. The summed E-state index contributed by atoms with van der Waals surface area (Å²) in [4.78, 5) is 4.74. The van der Waals surface area contributed by atoms with E-state index in [0.29, 0.717) is 5.92 Å². The zero-order valence-electron chi connectivity index (χ0n) is 16.3. The topological polar surface area (TPSA) is 33.1 Å². The van der Waals surface area contributed by atoms with Gasteiger partial charge in [-0.05, 0) is 53.1 Å². The van der Waals surface area contributed by atoms with E-state index in [-0.39, 0.29) is 0 Å². The highest BCUT2D eigenvalue weighted by Gasteiger charge is 2.21. The number of benzene rings is 3. The molecule has 3 aromatic carbocycles. The van der Waals surface area contributed by atoms with Crippen molar-refractivity contribution in [1.82, 2.24) is 4.98 Å². The van der Waals surface area contributed by atoms with Crippen LogP contribution in [0.25, 0.3) is 32.8 Å². The highest BCUT2D eigenvalue weighted by Crippen LogP contribution is 2.36. The Hall–Kier alpha value is -2.71. The lowest BCUT2D eigenvalue weighted by molar-refractivity contribution is 0.0802. The SMILES string of the molecule is CC(C)c1ccc2cnc(-c3cccc4cccc(C(C)(C)O)c34)cc2c1. The molecule has 1 aromatic heterocycles. The maximum Gasteiger partial charge on any atom is 0.0846 e. The maximum absolute atomic E-state index is 10.7. The average molecular weight is 355 g/mol. The molecule has 0 saturated carbocycles. The molecule has 0 aliphatic heterocycles. The molecule has 0 unspecified atom stereocenters. The predicted molar refractivity (Wildman–Crippen MR) is 114 cm³/mol. The maximum atomic E-state index is 10.7. The first-order valence-electron chi connectivity index (χ1n) is 9.49. The molecule has 4 aromatic rings. The largest absolute Gasteiger partial charge is 0.386 e. The van der Waals surface area contributed by atoms with Crippen LogP contribution >= 0.6 is 0 Å². The standard InChI is InChI=1S/C25H25NO/c1-16(2)18-11-12-19-15-26-23(14-20(19)13-18)21-9-5-7-17-8-6-10-22(24(17)21)25(3,4)27/h5-16,27H,1-4H3. The second-order valence-corrected chi connectivity index (χ2v) is 8.10. The van der Waals surface area contributed by atoms with Gasteiger partial charge in [-0.1, -0.05) is 68.4 Å². The van der Waals surface area contributed by atoms with Gasteiger partial charge in [0.15, 0.2) is 0 Å². The smallest absolute Gasteiger partial charge is 0.0846 e. The molecule has 0 bridgehead atoms. The van der Waals surface area contributed by atoms with E-state index < -0.39 is 5.60 Å². The second kappa shape index (κ2) is 6.47. The van der Waals surface area contributed by atoms with Gasteiger partial charge in [-0.25, -0.2) is 0 Å². The van der Waals surface area contributed by atoms with Crippen LogP contribution in [0.1, 0.15) is 44.7 Å². The molecule has 0 atom stereocenters. The molecule has 27 heavy (non-hydrogen) atoms. The van der Waals surface area contributed by atoms with Gasteiger partial charge in [-0.15, -0.1) is 0 Å². The highest BCUT2D eigenvalue weighted by atomic mass is 16.3. The first kappa shape index (κ1) is 17.7. The predicted octanol–water partition coefficient (Wildman–Crippen LogP) is 6.41. The zero-order valence-corrected chi connectivity index (χ0v) is 16.3. The Labute approximate surface area is 160 Å². The number of aliphatic hydroxyl groups is 1. The first-order valence-corrected chi connectivity index (χ1v) is 9.49. The molecular weight excluding hydrogens is 330 g/mol. The lowest BCUT2D eigenvalue weighted by Gasteiger charge is -2.22. The van der Waals surface area contributed by atoms with E-state index in [1.807, 2.05) is 32.2 Å². The van der Waals surface area contributed by atoms with E-state index in [4.69, 9.17) is 4.98 Å². The van der Waals surface area contributed by atoms with Crippen molar-refractivity contribution in [2.75, 3.05) is 0 Å². The summed E-state index contributed by atoms with van der Waals surface area (Å²) in [5, 5.41) is 15.2. The molecule has 4 rings (SSSR count). The van der Waals surface area contributed by atoms with Gasteiger partial charge in [0.25, 0.3) is 0 Å². The molecule has 0 radical (unpaired) electrons. The zero-order chi connectivity index (χ0) is 19.2. The second-order valence-electron chi connectivity index (χ2n) is 8.10. The Balaban J connectivity index is 1.99. The third kappa shape index (κ3) is 3.22. The Morgan fingerprint density at radius 1 is 0.852 bits per heavy atom. The molecule has 2 nitrogen and oxygen atoms in total. The fraction of sp³-hybridized carbons (Fsp3) is 0.240. The van der Waals surface area contributed by atoms with Crippen LogP contribution in [0, 0.1) is 0 Å². The van der Waals surface area contributed by atoms with Crippen molar-refractivity contribution in [3.8, 4) is 11.3 Å². The number of pyridine rings is 1. The van der Waals surface area contributed by atoms with Crippen LogP contribution < -0.4 is 0 Å². The van der Waals surface area contributed by atoms with Gasteiger partial charge >= 0.3 is 0 Å². The van der Waals surface area contributed by atoms with Gasteiger partial charge in [0.05, 0.1) is 11.3 Å². The van der Waals surface area contributed by atoms with Crippen LogP contribution in [-0.2, 0) is 5.60 Å². The van der Waals surface area contributed by atoms with Gasteiger partial charge < -0.3 is 5.11 Å². The average Bonchev–Trinajstić information content (AvgIpc) is 2.65. The first-order chi connectivity index (χ1) is 12.8. The summed E-state index contributed by atoms with van der Waals surface area (Å²) in [7, 11) is 0. The fourth-order valence-electron chi connectivity index (χ4n) is 3.73. The molecule has 1 N–H and O–H groups in total. The summed E-state index contributed by atoms with van der Waals surface area (Å²) in [6, 6.07) is 21.1. The molecule has 0 aliphatic carbocycles. The summed E-state index contributed by atoms with van der Waals surface area (Å²) in [5.74, 6) is 0.491. The number of nitrogens with zero attached hydrogens (tertiary/aromatic N) is 1. The fourth-order valence-corrected chi connectivity index (χ4v) is 3.73. The quantitative estimate of drug-likeness (QED) is 0.461. The third-order valence-electron chi connectivity index (χ3n) is 5.25. The van der Waals surface area contributed by atoms with Crippen LogP contribution in [0.15, 0.2) is 66.9 Å². The summed E-state index contributed by atoms with van der Waals surface area (Å²) in [5.41, 5.74) is 3.33. The number of hydrogen-bond donors (Lipinski definition) is 1. The van der Waals surface area contributed by atoms with Crippen LogP contribution in [0.2, 0.25) is 0 Å². The normalized spacial score (nSPS) is 12.2. The molecular formula is C25H25NO. The molecule has 0 saturated heterocycles. The molecule has 0 fully saturated rings. The Kier molecular flexibility index (Phi) is 4.24. The van der Waals surface area contributed by atoms with E-state index in [1.54, 1.807) is 0 Å². The number of rotatable bonds is 3. The summed E-state index contributed by atoms with van der Waals surface area (Å²) >= 11 is 0. The monoisotopic (exact) mass is 355 g/mol. The van der Waals surface area contributed by atoms with Gasteiger partial charge in [-0.3, -0.25) is 4.98 Å². The Morgan fingerprint density at radius 2 is 1.59 bits per heavy atom. The van der Waals surface area contributed by atoms with Gasteiger partial charge in [0, 0.05) is 17.1 Å². The molecule has 0 aliphatic rings. The van der Waals surface area contributed by atoms with E-state index in [0.717, 1.165) is 33.0 Å². The van der Waals surface area contributed by atoms with Crippen molar-refractivity contribution in [1.29, 1.82) is 0 Å². The van der Waals surface area contributed by atoms with Crippen LogP contribution in [0.5, 0.6) is 0 Å². The minimum absolute atomic E-state index is 0.491. The highest BCUT2D eigenvalue weighted by molar-refractivity contribution is 6.00. The lowest BCUT2D eigenvalue weighted by atomic mass is 9.88. The van der Waals surface area contributed by atoms with Gasteiger partial charge in [-0.2, -0.15) is 0 Å². The Bertz CT molecular complexity index is 1130. The van der Waals surface area contributed by atoms with E-state index in [1.165, 1.54) is 10.9 Å². The number of fused-ring (bicyclic) bond motifs is 2. The lowest BCUT2D eigenvalue weighted by Crippen LogP contribution is -2.16. The van der Waals surface area contributed by atoms with Crippen molar-refractivity contribution < 1.29 is 5.11 Å². The molecule has 1 heterocycles. The molecule has 0 spiro atoms. The third-order valence-corrected chi connectivity index (χ3v) is 5.25. The van der Waals surface area contributed by atoms with Gasteiger partial charge in [0.2, 0.25) is 0 Å². The van der Waals surface area contributed by atoms with E-state index in [2.05, 4.69) is 62.4 Å². The van der Waals surface area contributed by atoms with E-state index in [9.17, 15) is 5.11 Å². The number of hydrogen-bond acceptors (Lipinski definition) is 2. The van der Waals surface area contributed by atoms with Gasteiger partial charge in [0.1, 0.15) is 0 Å². The molecule has 136 valence electrons. The van der Waals surface area contributed by atoms with Crippen molar-refractivity contribution >= 4 is 21.5 Å².